The zero-order valence-electron chi connectivity index (χ0n) is 8.42. The standard InChI is InChI=1S/C10H16O3/c1-7-5-4-6-8(11)10(7,2)9(12)13-3/h7H,4-6H2,1-3H3/t7-,10-/m1/s1. The van der Waals surface area contributed by atoms with Crippen molar-refractivity contribution in [2.24, 2.45) is 11.3 Å². The molecule has 0 aromatic heterocycles. The Labute approximate surface area is 78.5 Å². The van der Waals surface area contributed by atoms with Gasteiger partial charge in [0.15, 0.2) is 0 Å². The van der Waals surface area contributed by atoms with Crippen LogP contribution >= 0.6 is 0 Å². The van der Waals surface area contributed by atoms with Gasteiger partial charge in [-0.1, -0.05) is 6.92 Å². The second-order valence-electron chi connectivity index (χ2n) is 3.91. The summed E-state index contributed by atoms with van der Waals surface area (Å²) in [5, 5.41) is 0. The third-order valence-electron chi connectivity index (χ3n) is 3.22. The Balaban J connectivity index is 2.94. The van der Waals surface area contributed by atoms with Crippen LogP contribution < -0.4 is 0 Å². The van der Waals surface area contributed by atoms with Gasteiger partial charge in [0.1, 0.15) is 11.2 Å². The molecule has 0 aromatic carbocycles. The van der Waals surface area contributed by atoms with E-state index in [1.54, 1.807) is 6.92 Å². The molecular weight excluding hydrogens is 168 g/mol. The second-order valence-corrected chi connectivity index (χ2v) is 3.91. The topological polar surface area (TPSA) is 43.4 Å². The number of carbonyl (C=O) groups is 2. The second kappa shape index (κ2) is 3.48. The van der Waals surface area contributed by atoms with E-state index in [-0.39, 0.29) is 17.7 Å². The maximum Gasteiger partial charge on any atom is 0.319 e. The predicted octanol–water partition coefficient (Wildman–Crippen LogP) is 1.55. The molecule has 13 heavy (non-hydrogen) atoms. The fourth-order valence-electron chi connectivity index (χ4n) is 1.92. The van der Waals surface area contributed by atoms with Crippen molar-refractivity contribution in [2.75, 3.05) is 7.11 Å². The van der Waals surface area contributed by atoms with E-state index < -0.39 is 5.41 Å². The van der Waals surface area contributed by atoms with Crippen LogP contribution in [0.3, 0.4) is 0 Å². The summed E-state index contributed by atoms with van der Waals surface area (Å²) in [5.41, 5.74) is -0.896. The molecule has 1 aliphatic carbocycles. The lowest BCUT2D eigenvalue weighted by Gasteiger charge is -2.35. The number of ketones is 1. The minimum atomic E-state index is -0.896. The number of rotatable bonds is 1. The molecular formula is C10H16O3. The molecule has 3 nitrogen and oxygen atoms in total. The van der Waals surface area contributed by atoms with Gasteiger partial charge in [0.2, 0.25) is 0 Å². The Kier molecular flexibility index (Phi) is 2.74. The maximum absolute atomic E-state index is 11.6. The molecule has 1 fully saturated rings. The zero-order chi connectivity index (χ0) is 10.1. The molecule has 0 amide bonds. The van der Waals surface area contributed by atoms with Crippen LogP contribution in [-0.4, -0.2) is 18.9 Å². The van der Waals surface area contributed by atoms with Crippen molar-refractivity contribution in [3.05, 3.63) is 0 Å². The van der Waals surface area contributed by atoms with Crippen molar-refractivity contribution in [3.63, 3.8) is 0 Å². The first-order valence-corrected chi connectivity index (χ1v) is 4.65. The van der Waals surface area contributed by atoms with Crippen LogP contribution in [0.25, 0.3) is 0 Å². The Morgan fingerprint density at radius 3 is 2.69 bits per heavy atom. The summed E-state index contributed by atoms with van der Waals surface area (Å²) in [6.07, 6.45) is 2.33. The summed E-state index contributed by atoms with van der Waals surface area (Å²) in [5.74, 6) is -0.260. The van der Waals surface area contributed by atoms with Gasteiger partial charge in [-0.2, -0.15) is 0 Å². The summed E-state index contributed by atoms with van der Waals surface area (Å²) < 4.78 is 4.67. The third-order valence-corrected chi connectivity index (χ3v) is 3.22. The first kappa shape index (κ1) is 10.2. The monoisotopic (exact) mass is 184 g/mol. The molecule has 0 aliphatic heterocycles. The molecule has 0 heterocycles. The van der Waals surface area contributed by atoms with Crippen molar-refractivity contribution >= 4 is 11.8 Å². The number of ether oxygens (including phenoxy) is 1. The molecule has 74 valence electrons. The van der Waals surface area contributed by atoms with Crippen LogP contribution in [0, 0.1) is 11.3 Å². The molecule has 0 unspecified atom stereocenters. The molecule has 0 spiro atoms. The van der Waals surface area contributed by atoms with E-state index in [1.165, 1.54) is 7.11 Å². The van der Waals surface area contributed by atoms with E-state index in [2.05, 4.69) is 4.74 Å². The molecule has 0 aromatic rings. The average molecular weight is 184 g/mol. The Hall–Kier alpha value is -0.860. The summed E-state index contributed by atoms with van der Waals surface area (Å²) >= 11 is 0. The minimum absolute atomic E-state index is 0.0260. The Bertz CT molecular complexity index is 224. The number of esters is 1. The first-order chi connectivity index (χ1) is 6.03. The fraction of sp³-hybridized carbons (Fsp3) is 0.800. The van der Waals surface area contributed by atoms with E-state index in [4.69, 9.17) is 0 Å². The molecule has 2 atom stereocenters. The quantitative estimate of drug-likeness (QED) is 0.458. The van der Waals surface area contributed by atoms with Gasteiger partial charge in [0, 0.05) is 6.42 Å². The number of Topliss-reactive ketones (excluding diaryl/α,β-unsaturated/α-hetero) is 1. The van der Waals surface area contributed by atoms with Gasteiger partial charge in [-0.3, -0.25) is 9.59 Å². The summed E-state index contributed by atoms with van der Waals surface area (Å²) in [4.78, 5) is 23.1. The van der Waals surface area contributed by atoms with E-state index in [9.17, 15) is 9.59 Å². The number of methoxy groups -OCH3 is 1. The van der Waals surface area contributed by atoms with Crippen molar-refractivity contribution in [1.82, 2.24) is 0 Å². The van der Waals surface area contributed by atoms with Gasteiger partial charge in [-0.25, -0.2) is 0 Å². The van der Waals surface area contributed by atoms with Gasteiger partial charge < -0.3 is 4.74 Å². The van der Waals surface area contributed by atoms with Crippen molar-refractivity contribution in [3.8, 4) is 0 Å². The Morgan fingerprint density at radius 2 is 2.23 bits per heavy atom. The molecule has 0 N–H and O–H groups in total. The van der Waals surface area contributed by atoms with Gasteiger partial charge in [-0.15, -0.1) is 0 Å². The molecule has 1 aliphatic rings. The molecule has 3 heteroatoms. The van der Waals surface area contributed by atoms with Gasteiger partial charge in [0.05, 0.1) is 7.11 Å². The normalized spacial score (nSPS) is 34.4. The SMILES string of the molecule is COC(=O)[C@@]1(C)C(=O)CCC[C@H]1C. The molecule has 0 radical (unpaired) electrons. The lowest BCUT2D eigenvalue weighted by atomic mass is 9.67. The predicted molar refractivity (Wildman–Crippen MR) is 48.1 cm³/mol. The maximum atomic E-state index is 11.6. The molecule has 1 rings (SSSR count). The van der Waals surface area contributed by atoms with Gasteiger partial charge in [0.25, 0.3) is 0 Å². The van der Waals surface area contributed by atoms with Crippen LogP contribution in [0.5, 0.6) is 0 Å². The average Bonchev–Trinajstić information content (AvgIpc) is 2.12. The highest BCUT2D eigenvalue weighted by molar-refractivity contribution is 6.04. The largest absolute Gasteiger partial charge is 0.468 e. The van der Waals surface area contributed by atoms with Crippen LogP contribution in [0.1, 0.15) is 33.1 Å². The lowest BCUT2D eigenvalue weighted by Crippen LogP contribution is -2.45. The van der Waals surface area contributed by atoms with Crippen molar-refractivity contribution < 1.29 is 14.3 Å². The highest BCUT2D eigenvalue weighted by Crippen LogP contribution is 2.38. The number of hydrogen-bond acceptors (Lipinski definition) is 3. The first-order valence-electron chi connectivity index (χ1n) is 4.65. The summed E-state index contributed by atoms with van der Waals surface area (Å²) in [7, 11) is 1.34. The molecule has 0 saturated heterocycles. The van der Waals surface area contributed by atoms with Crippen LogP contribution in [0.4, 0.5) is 0 Å². The molecule has 1 saturated carbocycles. The summed E-state index contributed by atoms with van der Waals surface area (Å²) in [6, 6.07) is 0. The Morgan fingerprint density at radius 1 is 1.62 bits per heavy atom. The highest BCUT2D eigenvalue weighted by atomic mass is 16.5. The third kappa shape index (κ3) is 1.47. The fourth-order valence-corrected chi connectivity index (χ4v) is 1.92. The van der Waals surface area contributed by atoms with Crippen LogP contribution in [0.15, 0.2) is 0 Å². The zero-order valence-corrected chi connectivity index (χ0v) is 8.42. The summed E-state index contributed by atoms with van der Waals surface area (Å²) in [6.45, 7) is 3.64. The molecule has 0 bridgehead atoms. The van der Waals surface area contributed by atoms with Crippen LogP contribution in [-0.2, 0) is 14.3 Å². The minimum Gasteiger partial charge on any atom is -0.468 e. The van der Waals surface area contributed by atoms with E-state index in [1.807, 2.05) is 6.92 Å². The van der Waals surface area contributed by atoms with E-state index in [0.717, 1.165) is 12.8 Å². The van der Waals surface area contributed by atoms with Crippen molar-refractivity contribution in [1.29, 1.82) is 0 Å². The van der Waals surface area contributed by atoms with Gasteiger partial charge in [-0.05, 0) is 25.7 Å². The van der Waals surface area contributed by atoms with Gasteiger partial charge >= 0.3 is 5.97 Å². The number of hydrogen-bond donors (Lipinski definition) is 0. The lowest BCUT2D eigenvalue weighted by molar-refractivity contribution is -0.162. The van der Waals surface area contributed by atoms with Crippen molar-refractivity contribution in [2.45, 2.75) is 33.1 Å². The number of carbonyl (C=O) groups excluding carboxylic acids is 2. The van der Waals surface area contributed by atoms with E-state index in [0.29, 0.717) is 6.42 Å². The smallest absolute Gasteiger partial charge is 0.319 e. The van der Waals surface area contributed by atoms with Crippen LogP contribution in [0.2, 0.25) is 0 Å². The van der Waals surface area contributed by atoms with E-state index >= 15 is 0 Å². The highest BCUT2D eigenvalue weighted by Gasteiger charge is 2.48.